The maximum absolute atomic E-state index is 11.5. The summed E-state index contributed by atoms with van der Waals surface area (Å²) in [5, 5.41) is 0. The van der Waals surface area contributed by atoms with Crippen molar-refractivity contribution in [1.82, 2.24) is 5.48 Å². The summed E-state index contributed by atoms with van der Waals surface area (Å²) in [6.45, 7) is 0.670. The van der Waals surface area contributed by atoms with Crippen molar-refractivity contribution in [2.75, 3.05) is 13.2 Å². The van der Waals surface area contributed by atoms with Crippen LogP contribution in [0.3, 0.4) is 0 Å². The molecule has 0 aliphatic heterocycles. The summed E-state index contributed by atoms with van der Waals surface area (Å²) in [7, 11) is 0. The maximum atomic E-state index is 11.5. The number of furan rings is 1. The first kappa shape index (κ1) is 14.1. The monoisotopic (exact) mass is 275 g/mol. The van der Waals surface area contributed by atoms with Gasteiger partial charge in [-0.15, -0.1) is 0 Å². The highest BCUT2D eigenvalue weighted by Gasteiger charge is 2.03. The van der Waals surface area contributed by atoms with Crippen molar-refractivity contribution in [1.29, 1.82) is 0 Å². The van der Waals surface area contributed by atoms with Gasteiger partial charge in [-0.3, -0.25) is 9.63 Å². The lowest BCUT2D eigenvalue weighted by Crippen LogP contribution is -2.26. The molecule has 1 aromatic heterocycles. The molecule has 0 unspecified atom stereocenters. The van der Waals surface area contributed by atoms with E-state index in [-0.39, 0.29) is 5.91 Å². The summed E-state index contributed by atoms with van der Waals surface area (Å²) >= 11 is 0. The number of ether oxygens (including phenoxy) is 1. The third-order valence-corrected chi connectivity index (χ3v) is 2.56. The van der Waals surface area contributed by atoms with Gasteiger partial charge in [0.05, 0.1) is 6.26 Å². The fourth-order valence-electron chi connectivity index (χ4n) is 1.59. The SMILES string of the molecule is O=C(CCc1ccco1)NOCCOc1ccccc1. The minimum absolute atomic E-state index is 0.180. The summed E-state index contributed by atoms with van der Waals surface area (Å²) in [6, 6.07) is 13.1. The predicted octanol–water partition coefficient (Wildman–Crippen LogP) is 2.34. The van der Waals surface area contributed by atoms with Crippen LogP contribution in [0.5, 0.6) is 5.75 Å². The summed E-state index contributed by atoms with van der Waals surface area (Å²) in [5.41, 5.74) is 2.37. The highest BCUT2D eigenvalue weighted by molar-refractivity contribution is 5.74. The fourth-order valence-corrected chi connectivity index (χ4v) is 1.59. The van der Waals surface area contributed by atoms with E-state index in [1.807, 2.05) is 36.4 Å². The van der Waals surface area contributed by atoms with Gasteiger partial charge in [-0.2, -0.15) is 0 Å². The molecule has 5 nitrogen and oxygen atoms in total. The quantitative estimate of drug-likeness (QED) is 0.593. The Kier molecular flexibility index (Phi) is 5.67. The second kappa shape index (κ2) is 8.01. The number of nitrogens with one attached hydrogen (secondary N) is 1. The zero-order valence-electron chi connectivity index (χ0n) is 11.1. The molecule has 0 fully saturated rings. The van der Waals surface area contributed by atoms with Crippen LogP contribution < -0.4 is 10.2 Å². The first-order valence-electron chi connectivity index (χ1n) is 6.45. The smallest absolute Gasteiger partial charge is 0.243 e. The minimum atomic E-state index is -0.180. The van der Waals surface area contributed by atoms with E-state index < -0.39 is 0 Å². The molecule has 1 N–H and O–H groups in total. The van der Waals surface area contributed by atoms with E-state index in [0.717, 1.165) is 11.5 Å². The third kappa shape index (κ3) is 5.16. The lowest BCUT2D eigenvalue weighted by atomic mass is 10.2. The molecule has 1 amide bonds. The maximum Gasteiger partial charge on any atom is 0.243 e. The van der Waals surface area contributed by atoms with Gasteiger partial charge >= 0.3 is 0 Å². The Morgan fingerprint density at radius 3 is 2.70 bits per heavy atom. The van der Waals surface area contributed by atoms with Crippen molar-refractivity contribution >= 4 is 5.91 Å². The average molecular weight is 275 g/mol. The summed E-state index contributed by atoms with van der Waals surface area (Å²) < 4.78 is 10.6. The first-order chi connectivity index (χ1) is 9.84. The Labute approximate surface area is 117 Å². The molecule has 0 saturated heterocycles. The van der Waals surface area contributed by atoms with Crippen LogP contribution in [0.2, 0.25) is 0 Å². The molecule has 1 aromatic carbocycles. The summed E-state index contributed by atoms with van der Waals surface area (Å²) in [4.78, 5) is 16.5. The molecule has 0 saturated carbocycles. The minimum Gasteiger partial charge on any atom is -0.491 e. The highest BCUT2D eigenvalue weighted by atomic mass is 16.7. The van der Waals surface area contributed by atoms with E-state index in [1.54, 1.807) is 12.3 Å². The summed E-state index contributed by atoms with van der Waals surface area (Å²) in [6.07, 6.45) is 2.47. The molecule has 2 aromatic rings. The Morgan fingerprint density at radius 2 is 1.95 bits per heavy atom. The van der Waals surface area contributed by atoms with Crippen LogP contribution in [-0.2, 0) is 16.1 Å². The van der Waals surface area contributed by atoms with Crippen molar-refractivity contribution in [2.24, 2.45) is 0 Å². The van der Waals surface area contributed by atoms with Crippen LogP contribution in [0, 0.1) is 0 Å². The Balaban J connectivity index is 1.51. The zero-order valence-corrected chi connectivity index (χ0v) is 11.1. The highest BCUT2D eigenvalue weighted by Crippen LogP contribution is 2.07. The summed E-state index contributed by atoms with van der Waals surface area (Å²) in [5.74, 6) is 1.38. The molecule has 5 heteroatoms. The van der Waals surface area contributed by atoms with Crippen LogP contribution in [0.4, 0.5) is 0 Å². The third-order valence-electron chi connectivity index (χ3n) is 2.56. The van der Waals surface area contributed by atoms with Gasteiger partial charge in [0.2, 0.25) is 5.91 Å². The van der Waals surface area contributed by atoms with Gasteiger partial charge < -0.3 is 9.15 Å². The van der Waals surface area contributed by atoms with Crippen molar-refractivity contribution < 1.29 is 18.8 Å². The molecule has 20 heavy (non-hydrogen) atoms. The van der Waals surface area contributed by atoms with Crippen molar-refractivity contribution in [2.45, 2.75) is 12.8 Å². The van der Waals surface area contributed by atoms with E-state index in [1.165, 1.54) is 0 Å². The molecule has 0 spiro atoms. The van der Waals surface area contributed by atoms with E-state index in [4.69, 9.17) is 14.0 Å². The van der Waals surface area contributed by atoms with Crippen LogP contribution >= 0.6 is 0 Å². The van der Waals surface area contributed by atoms with Gasteiger partial charge in [0.25, 0.3) is 0 Å². The number of carbonyl (C=O) groups is 1. The van der Waals surface area contributed by atoms with E-state index in [9.17, 15) is 4.79 Å². The molecule has 106 valence electrons. The van der Waals surface area contributed by atoms with Crippen LogP contribution in [0.15, 0.2) is 53.1 Å². The van der Waals surface area contributed by atoms with Gasteiger partial charge in [0, 0.05) is 12.8 Å². The molecule has 0 radical (unpaired) electrons. The number of hydrogen-bond acceptors (Lipinski definition) is 4. The van der Waals surface area contributed by atoms with Crippen LogP contribution in [-0.4, -0.2) is 19.1 Å². The van der Waals surface area contributed by atoms with Gasteiger partial charge in [0.1, 0.15) is 24.7 Å². The number of hydroxylamine groups is 1. The Hall–Kier alpha value is -2.27. The van der Waals surface area contributed by atoms with Crippen molar-refractivity contribution in [3.05, 3.63) is 54.5 Å². The molecule has 1 heterocycles. The molecule has 0 bridgehead atoms. The Morgan fingerprint density at radius 1 is 1.10 bits per heavy atom. The first-order valence-corrected chi connectivity index (χ1v) is 6.45. The number of carbonyl (C=O) groups excluding carboxylic acids is 1. The molecule has 0 atom stereocenters. The standard InChI is InChI=1S/C15H17NO4/c17-15(9-8-14-7-4-10-18-14)16-20-12-11-19-13-5-2-1-3-6-13/h1-7,10H,8-9,11-12H2,(H,16,17). The molecule has 0 aliphatic rings. The lowest BCUT2D eigenvalue weighted by Gasteiger charge is -2.07. The second-order valence-corrected chi connectivity index (χ2v) is 4.11. The van der Waals surface area contributed by atoms with E-state index in [2.05, 4.69) is 5.48 Å². The zero-order chi connectivity index (χ0) is 14.0. The Bertz CT molecular complexity index is 496. The number of hydrogen-bond donors (Lipinski definition) is 1. The molecular formula is C15H17NO4. The molecular weight excluding hydrogens is 258 g/mol. The van der Waals surface area contributed by atoms with Crippen molar-refractivity contribution in [3.63, 3.8) is 0 Å². The number of para-hydroxylation sites is 1. The largest absolute Gasteiger partial charge is 0.491 e. The van der Waals surface area contributed by atoms with Gasteiger partial charge in [-0.05, 0) is 24.3 Å². The number of rotatable bonds is 8. The number of benzene rings is 1. The number of amides is 1. The van der Waals surface area contributed by atoms with Crippen molar-refractivity contribution in [3.8, 4) is 5.75 Å². The number of aryl methyl sites for hydroxylation is 1. The van der Waals surface area contributed by atoms with Crippen LogP contribution in [0.1, 0.15) is 12.2 Å². The van der Waals surface area contributed by atoms with Gasteiger partial charge in [-0.25, -0.2) is 5.48 Å². The predicted molar refractivity (Wildman–Crippen MR) is 73.1 cm³/mol. The van der Waals surface area contributed by atoms with Gasteiger partial charge in [-0.1, -0.05) is 18.2 Å². The second-order valence-electron chi connectivity index (χ2n) is 4.11. The van der Waals surface area contributed by atoms with Gasteiger partial charge in [0.15, 0.2) is 0 Å². The normalized spacial score (nSPS) is 10.2. The topological polar surface area (TPSA) is 60.7 Å². The van der Waals surface area contributed by atoms with E-state index in [0.29, 0.717) is 26.1 Å². The lowest BCUT2D eigenvalue weighted by molar-refractivity contribution is -0.134. The van der Waals surface area contributed by atoms with E-state index >= 15 is 0 Å². The molecule has 0 aliphatic carbocycles. The fraction of sp³-hybridized carbons (Fsp3) is 0.267. The average Bonchev–Trinajstić information content (AvgIpc) is 2.99. The van der Waals surface area contributed by atoms with Crippen LogP contribution in [0.25, 0.3) is 0 Å². The molecule has 2 rings (SSSR count).